The summed E-state index contributed by atoms with van der Waals surface area (Å²) in [7, 11) is 0. The summed E-state index contributed by atoms with van der Waals surface area (Å²) in [5.74, 6) is 1.92. The Morgan fingerprint density at radius 1 is 0.889 bits per heavy atom. The van der Waals surface area contributed by atoms with E-state index in [9.17, 15) is 5.11 Å². The van der Waals surface area contributed by atoms with Gasteiger partial charge in [-0.1, -0.05) is 0 Å². The first-order chi connectivity index (χ1) is 4.36. The normalized spacial score (nSPS) is 49.7. The fourth-order valence-corrected chi connectivity index (χ4v) is 2.20. The largest absolute Gasteiger partial charge is 0.393 e. The molecule has 1 heteroatoms. The zero-order valence-electron chi connectivity index (χ0n) is 5.71. The van der Waals surface area contributed by atoms with Crippen molar-refractivity contribution in [2.45, 2.75) is 38.2 Å². The molecule has 2 fully saturated rings. The standard InChI is InChI=1S/C8H14O/c9-8-4-3-6-1-2-7(6)5-8/h6-9H,1-5H2. The van der Waals surface area contributed by atoms with Crippen LogP contribution in [0.1, 0.15) is 32.1 Å². The minimum atomic E-state index is 0.0477. The van der Waals surface area contributed by atoms with Crippen molar-refractivity contribution in [1.29, 1.82) is 0 Å². The Hall–Kier alpha value is -0.0400. The molecule has 0 spiro atoms. The first-order valence-electron chi connectivity index (χ1n) is 4.04. The highest BCUT2D eigenvalue weighted by atomic mass is 16.3. The molecule has 0 amide bonds. The van der Waals surface area contributed by atoms with Crippen LogP contribution in [0.4, 0.5) is 0 Å². The van der Waals surface area contributed by atoms with E-state index in [4.69, 9.17) is 0 Å². The van der Waals surface area contributed by atoms with E-state index in [0.29, 0.717) is 0 Å². The molecular formula is C8H14O. The summed E-state index contributed by atoms with van der Waals surface area (Å²) in [6, 6.07) is 0. The number of fused-ring (bicyclic) bond motifs is 1. The summed E-state index contributed by atoms with van der Waals surface area (Å²) in [5, 5.41) is 9.23. The Labute approximate surface area is 56.1 Å². The molecule has 1 N–H and O–H groups in total. The Morgan fingerprint density at radius 2 is 1.56 bits per heavy atom. The van der Waals surface area contributed by atoms with Crippen molar-refractivity contribution in [2.24, 2.45) is 11.8 Å². The highest BCUT2D eigenvalue weighted by Gasteiger charge is 2.35. The maximum atomic E-state index is 9.23. The van der Waals surface area contributed by atoms with Crippen LogP contribution in [0, 0.1) is 11.8 Å². The van der Waals surface area contributed by atoms with Crippen molar-refractivity contribution in [3.8, 4) is 0 Å². The van der Waals surface area contributed by atoms with Gasteiger partial charge in [-0.15, -0.1) is 0 Å². The van der Waals surface area contributed by atoms with Crippen molar-refractivity contribution in [3.63, 3.8) is 0 Å². The Bertz CT molecular complexity index is 111. The summed E-state index contributed by atoms with van der Waals surface area (Å²) >= 11 is 0. The summed E-state index contributed by atoms with van der Waals surface area (Å²) in [4.78, 5) is 0. The van der Waals surface area contributed by atoms with Crippen molar-refractivity contribution in [3.05, 3.63) is 0 Å². The second kappa shape index (κ2) is 1.98. The van der Waals surface area contributed by atoms with E-state index in [2.05, 4.69) is 0 Å². The van der Waals surface area contributed by atoms with E-state index in [1.807, 2.05) is 0 Å². The molecule has 2 saturated carbocycles. The third-order valence-corrected chi connectivity index (χ3v) is 3.02. The summed E-state index contributed by atoms with van der Waals surface area (Å²) in [5.41, 5.74) is 0. The molecule has 1 nitrogen and oxygen atoms in total. The van der Waals surface area contributed by atoms with E-state index in [1.54, 1.807) is 0 Å². The lowest BCUT2D eigenvalue weighted by atomic mass is 9.65. The highest BCUT2D eigenvalue weighted by molar-refractivity contribution is 4.87. The van der Waals surface area contributed by atoms with Crippen LogP contribution in [0.5, 0.6) is 0 Å². The zero-order valence-corrected chi connectivity index (χ0v) is 5.71. The zero-order chi connectivity index (χ0) is 6.27. The summed E-state index contributed by atoms with van der Waals surface area (Å²) in [6.07, 6.45) is 6.35. The molecule has 0 radical (unpaired) electrons. The molecule has 0 aliphatic heterocycles. The SMILES string of the molecule is OC1CCC2CCC2C1. The van der Waals surface area contributed by atoms with E-state index in [0.717, 1.165) is 24.7 Å². The molecule has 0 aromatic heterocycles. The number of rotatable bonds is 0. The lowest BCUT2D eigenvalue weighted by Crippen LogP contribution is -2.34. The van der Waals surface area contributed by atoms with Gasteiger partial charge in [-0.25, -0.2) is 0 Å². The number of aliphatic hydroxyl groups excluding tert-OH is 1. The molecule has 0 aromatic rings. The van der Waals surface area contributed by atoms with Crippen LogP contribution in [0.25, 0.3) is 0 Å². The van der Waals surface area contributed by atoms with Gasteiger partial charge >= 0.3 is 0 Å². The maximum absolute atomic E-state index is 9.23. The summed E-state index contributed by atoms with van der Waals surface area (Å²) < 4.78 is 0. The van der Waals surface area contributed by atoms with Gasteiger partial charge in [0.25, 0.3) is 0 Å². The van der Waals surface area contributed by atoms with Crippen molar-refractivity contribution >= 4 is 0 Å². The number of hydrogen-bond donors (Lipinski definition) is 1. The third-order valence-electron chi connectivity index (χ3n) is 3.02. The maximum Gasteiger partial charge on any atom is 0.0543 e. The van der Waals surface area contributed by atoms with Crippen molar-refractivity contribution in [1.82, 2.24) is 0 Å². The van der Waals surface area contributed by atoms with Crippen LogP contribution >= 0.6 is 0 Å². The minimum absolute atomic E-state index is 0.0477. The van der Waals surface area contributed by atoms with E-state index < -0.39 is 0 Å². The number of hydrogen-bond acceptors (Lipinski definition) is 1. The third kappa shape index (κ3) is 0.877. The molecule has 3 unspecified atom stereocenters. The molecule has 0 bridgehead atoms. The second-order valence-corrected chi connectivity index (χ2v) is 3.56. The Kier molecular flexibility index (Phi) is 1.26. The quantitative estimate of drug-likeness (QED) is 0.522. The molecule has 2 rings (SSSR count). The second-order valence-electron chi connectivity index (χ2n) is 3.56. The molecule has 0 saturated heterocycles. The van der Waals surface area contributed by atoms with E-state index >= 15 is 0 Å². The van der Waals surface area contributed by atoms with Crippen LogP contribution in [0.15, 0.2) is 0 Å². The Balaban J connectivity index is 1.92. The topological polar surface area (TPSA) is 20.2 Å². The smallest absolute Gasteiger partial charge is 0.0543 e. The van der Waals surface area contributed by atoms with Crippen LogP contribution in [-0.4, -0.2) is 11.2 Å². The van der Waals surface area contributed by atoms with Crippen LogP contribution < -0.4 is 0 Å². The van der Waals surface area contributed by atoms with E-state index in [-0.39, 0.29) is 6.10 Å². The monoisotopic (exact) mass is 126 g/mol. The first kappa shape index (κ1) is 5.72. The van der Waals surface area contributed by atoms with Crippen molar-refractivity contribution < 1.29 is 5.11 Å². The van der Waals surface area contributed by atoms with Crippen LogP contribution in [0.3, 0.4) is 0 Å². The van der Waals surface area contributed by atoms with Crippen molar-refractivity contribution in [2.75, 3.05) is 0 Å². The molecule has 0 aromatic carbocycles. The molecule has 0 heterocycles. The molecule has 3 atom stereocenters. The lowest BCUT2D eigenvalue weighted by Gasteiger charge is -2.42. The van der Waals surface area contributed by atoms with Gasteiger partial charge in [0.1, 0.15) is 0 Å². The van der Waals surface area contributed by atoms with Gasteiger partial charge < -0.3 is 5.11 Å². The van der Waals surface area contributed by atoms with Crippen LogP contribution in [-0.2, 0) is 0 Å². The molecule has 9 heavy (non-hydrogen) atoms. The fourth-order valence-electron chi connectivity index (χ4n) is 2.20. The lowest BCUT2D eigenvalue weighted by molar-refractivity contribution is 0.0186. The Morgan fingerprint density at radius 3 is 2.00 bits per heavy atom. The predicted octanol–water partition coefficient (Wildman–Crippen LogP) is 1.56. The average molecular weight is 126 g/mol. The fraction of sp³-hybridized carbons (Fsp3) is 1.00. The first-order valence-corrected chi connectivity index (χ1v) is 4.04. The molecule has 2 aliphatic rings. The average Bonchev–Trinajstić information content (AvgIpc) is 1.78. The summed E-state index contributed by atoms with van der Waals surface area (Å²) in [6.45, 7) is 0. The van der Waals surface area contributed by atoms with Gasteiger partial charge in [-0.3, -0.25) is 0 Å². The molecule has 2 aliphatic carbocycles. The van der Waals surface area contributed by atoms with Gasteiger partial charge in [-0.2, -0.15) is 0 Å². The van der Waals surface area contributed by atoms with E-state index in [1.165, 1.54) is 19.3 Å². The minimum Gasteiger partial charge on any atom is -0.393 e. The predicted molar refractivity (Wildman–Crippen MR) is 36.1 cm³/mol. The van der Waals surface area contributed by atoms with Gasteiger partial charge in [0.15, 0.2) is 0 Å². The number of aliphatic hydroxyl groups is 1. The van der Waals surface area contributed by atoms with Gasteiger partial charge in [-0.05, 0) is 43.9 Å². The molecule has 52 valence electrons. The van der Waals surface area contributed by atoms with Gasteiger partial charge in [0, 0.05) is 0 Å². The van der Waals surface area contributed by atoms with Crippen LogP contribution in [0.2, 0.25) is 0 Å². The highest BCUT2D eigenvalue weighted by Crippen LogP contribution is 2.44. The van der Waals surface area contributed by atoms with Gasteiger partial charge in [0.2, 0.25) is 0 Å². The molecular weight excluding hydrogens is 112 g/mol. The van der Waals surface area contributed by atoms with Gasteiger partial charge in [0.05, 0.1) is 6.10 Å².